The van der Waals surface area contributed by atoms with E-state index < -0.39 is 6.04 Å². The van der Waals surface area contributed by atoms with Crippen molar-refractivity contribution in [1.82, 2.24) is 9.80 Å². The summed E-state index contributed by atoms with van der Waals surface area (Å²) >= 11 is 0. The Morgan fingerprint density at radius 3 is 2.48 bits per heavy atom. The number of aromatic nitrogens is 1. The summed E-state index contributed by atoms with van der Waals surface area (Å²) in [7, 11) is 1.64. The van der Waals surface area contributed by atoms with Gasteiger partial charge in [-0.1, -0.05) is 50.6 Å². The molecule has 0 aliphatic carbocycles. The minimum atomic E-state index is -0.673. The summed E-state index contributed by atoms with van der Waals surface area (Å²) in [6.45, 7) is 8.34. The summed E-state index contributed by atoms with van der Waals surface area (Å²) in [6, 6.07) is 7.11. The second-order valence-corrected chi connectivity index (χ2v) is 8.16. The third-order valence-electron chi connectivity index (χ3n) is 4.97. The van der Waals surface area contributed by atoms with Gasteiger partial charge in [0.2, 0.25) is 0 Å². The Balaban J connectivity index is 1.70. The molecule has 3 heterocycles. The molecule has 4 rings (SSSR count). The molecule has 0 radical (unpaired) electrons. The monoisotopic (exact) mass is 367 g/mol. The number of rotatable bonds is 2. The van der Waals surface area contributed by atoms with Crippen LogP contribution in [-0.2, 0) is 16.8 Å². The fraction of sp³-hybridized carbons (Fsp3) is 0.400. The number of aryl methyl sites for hydroxylation is 1. The van der Waals surface area contributed by atoms with E-state index in [4.69, 9.17) is 4.42 Å². The highest BCUT2D eigenvalue weighted by atomic mass is 16.4. The Hall–Kier alpha value is -2.96. The van der Waals surface area contributed by atoms with Crippen molar-refractivity contribution >= 4 is 23.8 Å². The lowest BCUT2D eigenvalue weighted by atomic mass is 9.94. The molecule has 0 bridgehead atoms. The van der Waals surface area contributed by atoms with Gasteiger partial charge in [0.05, 0.1) is 6.54 Å². The number of amidine groups is 1. The van der Waals surface area contributed by atoms with Crippen LogP contribution < -0.4 is 4.57 Å². The normalized spacial score (nSPS) is 19.3. The molecular weight excluding hydrogens is 344 g/mol. The van der Waals surface area contributed by atoms with Crippen molar-refractivity contribution in [3.05, 3.63) is 47.3 Å². The summed E-state index contributed by atoms with van der Waals surface area (Å²) in [5.74, 6) is 0.865. The molecule has 0 N–H and O–H groups in total. The number of carbonyl (C=O) groups excluding carboxylic acids is 2. The van der Waals surface area contributed by atoms with Crippen LogP contribution in [0.4, 0.5) is 10.8 Å². The number of imide groups is 1. The third-order valence-corrected chi connectivity index (χ3v) is 4.97. The maximum absolute atomic E-state index is 13.2. The number of hydrogen-bond acceptors (Lipinski definition) is 4. The van der Waals surface area contributed by atoms with Crippen LogP contribution in [0.2, 0.25) is 0 Å². The largest absolute Gasteiger partial charge is 0.506 e. The first kappa shape index (κ1) is 17.5. The zero-order valence-corrected chi connectivity index (χ0v) is 16.2. The fourth-order valence-electron chi connectivity index (χ4n) is 3.29. The summed E-state index contributed by atoms with van der Waals surface area (Å²) < 4.78 is 7.57. The number of carbonyl (C=O) groups is 2. The molecule has 0 spiro atoms. The Labute approximate surface area is 157 Å². The van der Waals surface area contributed by atoms with E-state index in [-0.39, 0.29) is 23.9 Å². The molecule has 2 aliphatic rings. The Bertz CT molecular complexity index is 966. The van der Waals surface area contributed by atoms with Crippen LogP contribution in [-0.4, -0.2) is 34.6 Å². The topological polar surface area (TPSA) is 70.0 Å². The first-order chi connectivity index (χ1) is 12.7. The van der Waals surface area contributed by atoms with Gasteiger partial charge in [0.15, 0.2) is 5.76 Å². The van der Waals surface area contributed by atoms with Crippen LogP contribution in [0.5, 0.6) is 0 Å². The van der Waals surface area contributed by atoms with Gasteiger partial charge in [0.1, 0.15) is 6.20 Å². The molecule has 1 saturated heterocycles. The van der Waals surface area contributed by atoms with Crippen LogP contribution in [0.1, 0.15) is 43.7 Å². The van der Waals surface area contributed by atoms with Gasteiger partial charge >= 0.3 is 12.0 Å². The molecule has 2 aliphatic heterocycles. The maximum Gasteiger partial charge on any atom is 0.506 e. The highest BCUT2D eigenvalue weighted by Crippen LogP contribution is 2.33. The van der Waals surface area contributed by atoms with Crippen molar-refractivity contribution in [2.75, 3.05) is 7.05 Å². The lowest BCUT2D eigenvalue weighted by Gasteiger charge is -2.32. The van der Waals surface area contributed by atoms with E-state index in [1.165, 1.54) is 9.80 Å². The van der Waals surface area contributed by atoms with Gasteiger partial charge < -0.3 is 4.42 Å². The summed E-state index contributed by atoms with van der Waals surface area (Å²) in [4.78, 5) is 33.1. The molecule has 27 heavy (non-hydrogen) atoms. The predicted molar refractivity (Wildman–Crippen MR) is 98.6 cm³/mol. The van der Waals surface area contributed by atoms with Gasteiger partial charge in [0.25, 0.3) is 17.8 Å². The van der Waals surface area contributed by atoms with E-state index in [0.29, 0.717) is 11.9 Å². The van der Waals surface area contributed by atoms with E-state index >= 15 is 0 Å². The van der Waals surface area contributed by atoms with Crippen LogP contribution >= 0.6 is 0 Å². The van der Waals surface area contributed by atoms with Gasteiger partial charge in [-0.2, -0.15) is 4.57 Å². The zero-order valence-electron chi connectivity index (χ0n) is 16.2. The van der Waals surface area contributed by atoms with E-state index in [1.807, 2.05) is 58.2 Å². The average molecular weight is 367 g/mol. The summed E-state index contributed by atoms with van der Waals surface area (Å²) in [5.41, 5.74) is 1.83. The number of urea groups is 1. The Kier molecular flexibility index (Phi) is 3.73. The number of aliphatic imine (C=N–C) groups is 1. The molecule has 1 atom stereocenters. The molecule has 1 fully saturated rings. The van der Waals surface area contributed by atoms with Crippen molar-refractivity contribution in [3.8, 4) is 0 Å². The Morgan fingerprint density at radius 1 is 1.19 bits per heavy atom. The van der Waals surface area contributed by atoms with Crippen molar-refractivity contribution in [2.45, 2.75) is 45.7 Å². The number of fused-ring (bicyclic) bond motifs is 3. The summed E-state index contributed by atoms with van der Waals surface area (Å²) in [6.07, 6.45) is 1.82. The number of oxazole rings is 1. The minimum absolute atomic E-state index is 0.200. The van der Waals surface area contributed by atoms with Crippen LogP contribution in [0.15, 0.2) is 39.9 Å². The quantitative estimate of drug-likeness (QED) is 0.767. The molecule has 1 aromatic heterocycles. The molecule has 1 unspecified atom stereocenters. The first-order valence-electron chi connectivity index (χ1n) is 8.95. The molecule has 7 nitrogen and oxygen atoms in total. The fourth-order valence-corrected chi connectivity index (χ4v) is 3.29. The van der Waals surface area contributed by atoms with Crippen LogP contribution in [0, 0.1) is 6.92 Å². The lowest BCUT2D eigenvalue weighted by molar-refractivity contribution is -0.679. The number of nitrogens with zero attached hydrogens (tertiary/aromatic N) is 4. The van der Waals surface area contributed by atoms with Gasteiger partial charge in [0, 0.05) is 17.5 Å². The molecule has 0 saturated carbocycles. The summed E-state index contributed by atoms with van der Waals surface area (Å²) in [5, 5.41) is 0. The highest BCUT2D eigenvalue weighted by molar-refractivity contribution is 6.18. The molecule has 7 heteroatoms. The zero-order chi connectivity index (χ0) is 19.5. The van der Waals surface area contributed by atoms with Crippen LogP contribution in [0.25, 0.3) is 0 Å². The van der Waals surface area contributed by atoms with E-state index in [2.05, 4.69) is 4.99 Å². The first-order valence-corrected chi connectivity index (χ1v) is 8.95. The molecule has 140 valence electrons. The van der Waals surface area contributed by atoms with Crippen molar-refractivity contribution < 1.29 is 18.6 Å². The molecule has 1 aromatic carbocycles. The second-order valence-electron chi connectivity index (χ2n) is 8.16. The maximum atomic E-state index is 13.2. The molecular formula is C20H23N4O3+. The minimum Gasteiger partial charge on any atom is -0.389 e. The molecule has 3 amide bonds. The smallest absolute Gasteiger partial charge is 0.389 e. The van der Waals surface area contributed by atoms with Gasteiger partial charge in [-0.3, -0.25) is 14.6 Å². The van der Waals surface area contributed by atoms with Gasteiger partial charge in [-0.25, -0.2) is 4.79 Å². The second kappa shape index (κ2) is 5.77. The lowest BCUT2D eigenvalue weighted by Crippen LogP contribution is -2.62. The van der Waals surface area contributed by atoms with Crippen molar-refractivity contribution in [2.24, 2.45) is 4.99 Å². The number of benzene rings is 1. The SMILES string of the molecule is Cc1ccc(CN2C(=O)C3C(=Nc4oc(C(C)(C)C)c[n+]43)N(C)C2=O)cc1. The molecule has 2 aromatic rings. The van der Waals surface area contributed by atoms with E-state index in [1.54, 1.807) is 11.6 Å². The predicted octanol–water partition coefficient (Wildman–Crippen LogP) is 2.85. The Morgan fingerprint density at radius 2 is 1.85 bits per heavy atom. The number of amides is 3. The van der Waals surface area contributed by atoms with Crippen molar-refractivity contribution in [3.63, 3.8) is 0 Å². The van der Waals surface area contributed by atoms with Gasteiger partial charge in [-0.05, 0) is 12.5 Å². The average Bonchev–Trinajstić information content (AvgIpc) is 3.16. The standard InChI is InChI=1S/C20H23N4O3/c1-12-6-8-13(9-7-12)10-24-17(25)15-16(22(5)19(24)26)21-18-23(15)11-14(27-18)20(2,3)4/h6-9,11,15H,10H2,1-5H3/q+1. The highest BCUT2D eigenvalue weighted by Gasteiger charge is 2.55. The van der Waals surface area contributed by atoms with E-state index in [0.717, 1.165) is 16.9 Å². The van der Waals surface area contributed by atoms with Gasteiger partial charge in [-0.15, -0.1) is 0 Å². The van der Waals surface area contributed by atoms with Crippen molar-refractivity contribution in [1.29, 1.82) is 0 Å². The number of likely N-dealkylation sites (N-methyl/N-ethyl adjacent to an activating group) is 1. The number of hydrogen-bond donors (Lipinski definition) is 0. The van der Waals surface area contributed by atoms with Crippen LogP contribution in [0.3, 0.4) is 0 Å². The van der Waals surface area contributed by atoms with E-state index in [9.17, 15) is 9.59 Å². The third kappa shape index (κ3) is 2.74.